The van der Waals surface area contributed by atoms with E-state index in [1.165, 1.54) is 16.7 Å². The molecule has 2 atom stereocenters. The first kappa shape index (κ1) is 13.8. The zero-order valence-corrected chi connectivity index (χ0v) is 11.9. The van der Waals surface area contributed by atoms with E-state index >= 15 is 0 Å². The SMILES string of the molecule is Cc1ccc(C(O)CC(C)c2ccccc2)c(C)c1. The molecule has 0 aromatic heterocycles. The summed E-state index contributed by atoms with van der Waals surface area (Å²) in [5, 5.41) is 10.4. The number of rotatable bonds is 4. The maximum atomic E-state index is 10.4. The molecule has 0 heterocycles. The Bertz CT molecular complexity index is 531. The van der Waals surface area contributed by atoms with Crippen molar-refractivity contribution in [3.8, 4) is 0 Å². The average molecular weight is 254 g/mol. The van der Waals surface area contributed by atoms with Crippen molar-refractivity contribution in [1.29, 1.82) is 0 Å². The van der Waals surface area contributed by atoms with Crippen LogP contribution < -0.4 is 0 Å². The highest BCUT2D eigenvalue weighted by atomic mass is 16.3. The van der Waals surface area contributed by atoms with E-state index in [0.717, 1.165) is 12.0 Å². The van der Waals surface area contributed by atoms with Gasteiger partial charge in [-0.15, -0.1) is 0 Å². The molecule has 0 spiro atoms. The summed E-state index contributed by atoms with van der Waals surface area (Å²) >= 11 is 0. The van der Waals surface area contributed by atoms with Gasteiger partial charge in [0.1, 0.15) is 0 Å². The summed E-state index contributed by atoms with van der Waals surface area (Å²) in [5.74, 6) is 0.358. The van der Waals surface area contributed by atoms with Crippen LogP contribution in [-0.2, 0) is 0 Å². The minimum absolute atomic E-state index is 0.358. The van der Waals surface area contributed by atoms with Crippen molar-refractivity contribution in [2.45, 2.75) is 39.2 Å². The van der Waals surface area contributed by atoms with E-state index in [1.54, 1.807) is 0 Å². The van der Waals surface area contributed by atoms with E-state index in [2.05, 4.69) is 57.2 Å². The van der Waals surface area contributed by atoms with Crippen LogP contribution in [0, 0.1) is 13.8 Å². The summed E-state index contributed by atoms with van der Waals surface area (Å²) < 4.78 is 0. The van der Waals surface area contributed by atoms with Gasteiger partial charge in [0.2, 0.25) is 0 Å². The van der Waals surface area contributed by atoms with Crippen LogP contribution in [0.2, 0.25) is 0 Å². The Morgan fingerprint density at radius 3 is 2.32 bits per heavy atom. The summed E-state index contributed by atoms with van der Waals surface area (Å²) in [6.45, 7) is 6.32. The molecule has 2 aromatic carbocycles. The van der Waals surface area contributed by atoms with Gasteiger partial charge in [-0.3, -0.25) is 0 Å². The highest BCUT2D eigenvalue weighted by Gasteiger charge is 2.15. The van der Waals surface area contributed by atoms with E-state index in [-0.39, 0.29) is 0 Å². The number of hydrogen-bond donors (Lipinski definition) is 1. The highest BCUT2D eigenvalue weighted by Crippen LogP contribution is 2.29. The number of benzene rings is 2. The van der Waals surface area contributed by atoms with E-state index in [0.29, 0.717) is 5.92 Å². The molecule has 1 heteroatoms. The van der Waals surface area contributed by atoms with Crippen LogP contribution in [0.4, 0.5) is 0 Å². The van der Waals surface area contributed by atoms with Crippen molar-refractivity contribution in [2.24, 2.45) is 0 Å². The number of aliphatic hydroxyl groups excluding tert-OH is 1. The molecule has 19 heavy (non-hydrogen) atoms. The van der Waals surface area contributed by atoms with Gasteiger partial charge in [0.05, 0.1) is 6.10 Å². The molecule has 2 aromatic rings. The molecule has 0 aliphatic heterocycles. The second kappa shape index (κ2) is 6.03. The summed E-state index contributed by atoms with van der Waals surface area (Å²) in [7, 11) is 0. The minimum atomic E-state index is -0.393. The fourth-order valence-corrected chi connectivity index (χ4v) is 2.58. The molecule has 100 valence electrons. The fraction of sp³-hybridized carbons (Fsp3) is 0.333. The fourth-order valence-electron chi connectivity index (χ4n) is 2.58. The smallest absolute Gasteiger partial charge is 0.0798 e. The standard InChI is InChI=1S/C18H22O/c1-13-9-10-17(15(3)11-13)18(19)12-14(2)16-7-5-4-6-8-16/h4-11,14,18-19H,12H2,1-3H3. The minimum Gasteiger partial charge on any atom is -0.388 e. The Morgan fingerprint density at radius 1 is 1.00 bits per heavy atom. The van der Waals surface area contributed by atoms with Crippen LogP contribution in [0.1, 0.15) is 47.6 Å². The van der Waals surface area contributed by atoms with Gasteiger partial charge in [0.25, 0.3) is 0 Å². The molecule has 0 saturated heterocycles. The molecule has 0 fully saturated rings. The Balaban J connectivity index is 2.10. The van der Waals surface area contributed by atoms with Gasteiger partial charge in [-0.25, -0.2) is 0 Å². The summed E-state index contributed by atoms with van der Waals surface area (Å²) in [5.41, 5.74) is 4.75. The molecular weight excluding hydrogens is 232 g/mol. The van der Waals surface area contributed by atoms with E-state index in [9.17, 15) is 5.11 Å². The van der Waals surface area contributed by atoms with E-state index in [4.69, 9.17) is 0 Å². The number of aliphatic hydroxyl groups is 1. The van der Waals surface area contributed by atoms with Gasteiger partial charge < -0.3 is 5.11 Å². The van der Waals surface area contributed by atoms with Gasteiger partial charge in [-0.2, -0.15) is 0 Å². The van der Waals surface area contributed by atoms with Crippen molar-refractivity contribution < 1.29 is 5.11 Å². The van der Waals surface area contributed by atoms with Crippen molar-refractivity contribution in [3.05, 3.63) is 70.8 Å². The average Bonchev–Trinajstić information content (AvgIpc) is 2.39. The molecule has 1 nitrogen and oxygen atoms in total. The maximum absolute atomic E-state index is 10.4. The molecule has 2 unspecified atom stereocenters. The third-order valence-electron chi connectivity index (χ3n) is 3.73. The Kier molecular flexibility index (Phi) is 4.39. The monoisotopic (exact) mass is 254 g/mol. The molecule has 0 radical (unpaired) electrons. The summed E-state index contributed by atoms with van der Waals surface area (Å²) in [6, 6.07) is 16.6. The molecule has 2 rings (SSSR count). The summed E-state index contributed by atoms with van der Waals surface area (Å²) in [4.78, 5) is 0. The lowest BCUT2D eigenvalue weighted by Crippen LogP contribution is -2.05. The first-order valence-electron chi connectivity index (χ1n) is 6.88. The third kappa shape index (κ3) is 3.45. The lowest BCUT2D eigenvalue weighted by atomic mass is 9.90. The zero-order chi connectivity index (χ0) is 13.8. The first-order chi connectivity index (χ1) is 9.08. The van der Waals surface area contributed by atoms with Gasteiger partial charge in [-0.1, -0.05) is 61.0 Å². The van der Waals surface area contributed by atoms with Gasteiger partial charge in [-0.05, 0) is 42.9 Å². The van der Waals surface area contributed by atoms with Crippen molar-refractivity contribution >= 4 is 0 Å². The normalized spacial score (nSPS) is 14.1. The van der Waals surface area contributed by atoms with Crippen molar-refractivity contribution in [2.75, 3.05) is 0 Å². The lowest BCUT2D eigenvalue weighted by molar-refractivity contribution is 0.159. The van der Waals surface area contributed by atoms with Crippen molar-refractivity contribution in [3.63, 3.8) is 0 Å². The summed E-state index contributed by atoms with van der Waals surface area (Å²) in [6.07, 6.45) is 0.365. The topological polar surface area (TPSA) is 20.2 Å². The van der Waals surface area contributed by atoms with Crippen molar-refractivity contribution in [1.82, 2.24) is 0 Å². The second-order valence-electron chi connectivity index (χ2n) is 5.42. The second-order valence-corrected chi connectivity index (χ2v) is 5.42. The van der Waals surface area contributed by atoms with Gasteiger partial charge in [0.15, 0.2) is 0 Å². The first-order valence-corrected chi connectivity index (χ1v) is 6.88. The lowest BCUT2D eigenvalue weighted by Gasteiger charge is -2.19. The molecular formula is C18H22O. The Hall–Kier alpha value is -1.60. The number of hydrogen-bond acceptors (Lipinski definition) is 1. The van der Waals surface area contributed by atoms with Gasteiger partial charge >= 0.3 is 0 Å². The van der Waals surface area contributed by atoms with E-state index < -0.39 is 6.10 Å². The van der Waals surface area contributed by atoms with Crippen LogP contribution in [0.25, 0.3) is 0 Å². The van der Waals surface area contributed by atoms with Crippen LogP contribution in [0.15, 0.2) is 48.5 Å². The molecule has 0 saturated carbocycles. The third-order valence-corrected chi connectivity index (χ3v) is 3.73. The molecule has 0 bridgehead atoms. The Labute approximate surface area is 115 Å². The predicted octanol–water partition coefficient (Wildman–Crippen LogP) is 4.53. The molecule has 0 aliphatic rings. The van der Waals surface area contributed by atoms with Gasteiger partial charge in [0, 0.05) is 0 Å². The predicted molar refractivity (Wildman–Crippen MR) is 80.3 cm³/mol. The van der Waals surface area contributed by atoms with Crippen LogP contribution >= 0.6 is 0 Å². The highest BCUT2D eigenvalue weighted by molar-refractivity contribution is 5.32. The zero-order valence-electron chi connectivity index (χ0n) is 11.9. The Morgan fingerprint density at radius 2 is 1.68 bits per heavy atom. The number of aryl methyl sites for hydroxylation is 2. The largest absolute Gasteiger partial charge is 0.388 e. The molecule has 0 aliphatic carbocycles. The van der Waals surface area contributed by atoms with E-state index in [1.807, 2.05) is 12.1 Å². The molecule has 0 amide bonds. The molecule has 1 N–H and O–H groups in total. The van der Waals surface area contributed by atoms with Crippen LogP contribution in [0.3, 0.4) is 0 Å². The quantitative estimate of drug-likeness (QED) is 0.849. The van der Waals surface area contributed by atoms with Crippen LogP contribution in [0.5, 0.6) is 0 Å². The van der Waals surface area contributed by atoms with Crippen LogP contribution in [-0.4, -0.2) is 5.11 Å². The maximum Gasteiger partial charge on any atom is 0.0798 e.